The van der Waals surface area contributed by atoms with E-state index in [1.807, 2.05) is 0 Å². The average Bonchev–Trinajstić information content (AvgIpc) is 3.75. The maximum atomic E-state index is 13.1. The summed E-state index contributed by atoms with van der Waals surface area (Å²) in [6.07, 6.45) is 0.238. The Balaban J connectivity index is 1.41. The van der Waals surface area contributed by atoms with Crippen LogP contribution in [0.4, 0.5) is 13.2 Å². The fourth-order valence-corrected chi connectivity index (χ4v) is 4.80. The summed E-state index contributed by atoms with van der Waals surface area (Å²) in [4.78, 5) is 36.3. The van der Waals surface area contributed by atoms with Gasteiger partial charge in [0.1, 0.15) is 10.6 Å². The van der Waals surface area contributed by atoms with E-state index in [2.05, 4.69) is 25.1 Å². The molecule has 5 rings (SSSR count). The van der Waals surface area contributed by atoms with Gasteiger partial charge >= 0.3 is 6.36 Å². The fraction of sp³-hybridized carbons (Fsp3) is 0.458. The minimum atomic E-state index is -4.86. The minimum Gasteiger partial charge on any atom is -0.406 e. The van der Waals surface area contributed by atoms with Gasteiger partial charge in [-0.05, 0) is 62.3 Å². The molecule has 1 aromatic carbocycles. The van der Waals surface area contributed by atoms with Gasteiger partial charge in [-0.1, -0.05) is 11.3 Å². The predicted molar refractivity (Wildman–Crippen MR) is 128 cm³/mol. The standard InChI is InChI=1S/C24H25F3N6O3S/c1-12(29-21(34)16-8-15(13-4-5-13)9-17(10-16)36-24(25,26)27)20-30-19(14-6-7-14)31-33(20)23-28-11-18(37-23)22(35)32(2)3/h8-14H,4-7H2,1-3H3,(H,29,34)/t12-/m0/s1. The van der Waals surface area contributed by atoms with Crippen molar-refractivity contribution in [2.75, 3.05) is 14.1 Å². The van der Waals surface area contributed by atoms with Crippen LogP contribution >= 0.6 is 11.3 Å². The van der Waals surface area contributed by atoms with Crippen LogP contribution in [0.3, 0.4) is 0 Å². The second-order valence-electron chi connectivity index (χ2n) is 9.53. The molecule has 2 fully saturated rings. The molecule has 1 atom stereocenters. The van der Waals surface area contributed by atoms with Crippen molar-refractivity contribution in [2.45, 2.75) is 56.8 Å². The molecule has 196 valence electrons. The Labute approximate surface area is 214 Å². The summed E-state index contributed by atoms with van der Waals surface area (Å²) in [6.45, 7) is 1.71. The van der Waals surface area contributed by atoms with E-state index in [1.165, 1.54) is 21.8 Å². The van der Waals surface area contributed by atoms with Crippen LogP contribution in [0.5, 0.6) is 5.75 Å². The molecule has 0 spiro atoms. The normalized spacial score (nSPS) is 16.4. The van der Waals surface area contributed by atoms with Crippen molar-refractivity contribution in [3.05, 3.63) is 52.0 Å². The Morgan fingerprint density at radius 1 is 1.16 bits per heavy atom. The van der Waals surface area contributed by atoms with Crippen LogP contribution in [0.25, 0.3) is 5.13 Å². The smallest absolute Gasteiger partial charge is 0.406 e. The van der Waals surface area contributed by atoms with Gasteiger partial charge in [-0.2, -0.15) is 4.68 Å². The first-order chi connectivity index (χ1) is 17.5. The lowest BCUT2D eigenvalue weighted by atomic mass is 10.1. The van der Waals surface area contributed by atoms with E-state index in [9.17, 15) is 22.8 Å². The zero-order valence-corrected chi connectivity index (χ0v) is 21.2. The van der Waals surface area contributed by atoms with E-state index in [0.29, 0.717) is 27.2 Å². The van der Waals surface area contributed by atoms with E-state index in [0.717, 1.165) is 43.1 Å². The predicted octanol–water partition coefficient (Wildman–Crippen LogP) is 4.57. The number of thiazole rings is 1. The maximum absolute atomic E-state index is 13.1. The van der Waals surface area contributed by atoms with Crippen LogP contribution in [0.15, 0.2) is 24.4 Å². The van der Waals surface area contributed by atoms with Crippen LogP contribution in [-0.2, 0) is 0 Å². The van der Waals surface area contributed by atoms with Gasteiger partial charge in [-0.3, -0.25) is 9.59 Å². The van der Waals surface area contributed by atoms with Crippen LogP contribution in [0.1, 0.15) is 87.7 Å². The van der Waals surface area contributed by atoms with Gasteiger partial charge in [0.05, 0.1) is 12.2 Å². The van der Waals surface area contributed by atoms with E-state index in [1.54, 1.807) is 27.1 Å². The van der Waals surface area contributed by atoms with Crippen LogP contribution < -0.4 is 10.1 Å². The summed E-state index contributed by atoms with van der Waals surface area (Å²) < 4.78 is 44.2. The highest BCUT2D eigenvalue weighted by Crippen LogP contribution is 2.42. The van der Waals surface area contributed by atoms with Gasteiger partial charge in [-0.15, -0.1) is 18.3 Å². The Morgan fingerprint density at radius 3 is 2.49 bits per heavy atom. The van der Waals surface area contributed by atoms with Crippen molar-refractivity contribution in [1.82, 2.24) is 30.0 Å². The molecule has 2 aliphatic carbocycles. The summed E-state index contributed by atoms with van der Waals surface area (Å²) in [5.41, 5.74) is 0.705. The van der Waals surface area contributed by atoms with Gasteiger partial charge in [0.15, 0.2) is 11.6 Å². The quantitative estimate of drug-likeness (QED) is 0.454. The van der Waals surface area contributed by atoms with Gasteiger partial charge in [-0.25, -0.2) is 9.97 Å². The molecule has 2 aromatic heterocycles. The summed E-state index contributed by atoms with van der Waals surface area (Å²) >= 11 is 1.16. The summed E-state index contributed by atoms with van der Waals surface area (Å²) in [7, 11) is 3.30. The number of hydrogen-bond acceptors (Lipinski definition) is 7. The SMILES string of the molecule is C[C@H](NC(=O)c1cc(OC(F)(F)F)cc(C2CC2)c1)c1nc(C2CC2)nn1-c1ncc(C(=O)N(C)C)s1. The zero-order chi connectivity index (χ0) is 26.5. The second kappa shape index (κ2) is 9.43. The van der Waals surface area contributed by atoms with Crippen molar-refractivity contribution in [3.63, 3.8) is 0 Å². The number of alkyl halides is 3. The number of hydrogen-bond donors (Lipinski definition) is 1. The number of nitrogens with zero attached hydrogens (tertiary/aromatic N) is 5. The molecule has 13 heteroatoms. The Hall–Kier alpha value is -3.48. The van der Waals surface area contributed by atoms with Gasteiger partial charge < -0.3 is 15.0 Å². The topological polar surface area (TPSA) is 102 Å². The molecule has 0 saturated heterocycles. The van der Waals surface area contributed by atoms with Gasteiger partial charge in [0, 0.05) is 25.6 Å². The number of nitrogens with one attached hydrogen (secondary N) is 1. The van der Waals surface area contributed by atoms with Crippen molar-refractivity contribution < 1.29 is 27.5 Å². The molecule has 1 N–H and O–H groups in total. The first-order valence-corrected chi connectivity index (χ1v) is 12.7. The van der Waals surface area contributed by atoms with Crippen LogP contribution in [-0.4, -0.2) is 56.9 Å². The van der Waals surface area contributed by atoms with E-state index < -0.39 is 24.1 Å². The number of aromatic nitrogens is 4. The van der Waals surface area contributed by atoms with Crippen LogP contribution in [0.2, 0.25) is 0 Å². The molecule has 3 aromatic rings. The third kappa shape index (κ3) is 5.76. The first kappa shape index (κ1) is 25.2. The number of carbonyl (C=O) groups is 2. The number of carbonyl (C=O) groups excluding carboxylic acids is 2. The molecule has 2 heterocycles. The lowest BCUT2D eigenvalue weighted by Gasteiger charge is -2.16. The van der Waals surface area contributed by atoms with E-state index in [4.69, 9.17) is 0 Å². The lowest BCUT2D eigenvalue weighted by molar-refractivity contribution is -0.274. The monoisotopic (exact) mass is 534 g/mol. The maximum Gasteiger partial charge on any atom is 0.573 e. The molecule has 2 saturated carbocycles. The summed E-state index contributed by atoms with van der Waals surface area (Å²) in [5.74, 6) is 0.211. The second-order valence-corrected chi connectivity index (χ2v) is 10.5. The van der Waals surface area contributed by atoms with E-state index >= 15 is 0 Å². The van der Waals surface area contributed by atoms with Crippen molar-refractivity contribution in [3.8, 4) is 10.9 Å². The molecule has 37 heavy (non-hydrogen) atoms. The van der Waals surface area contributed by atoms with Gasteiger partial charge in [0.2, 0.25) is 5.13 Å². The van der Waals surface area contributed by atoms with Crippen molar-refractivity contribution >= 4 is 23.2 Å². The molecule has 9 nitrogen and oxygen atoms in total. The highest BCUT2D eigenvalue weighted by atomic mass is 32.1. The van der Waals surface area contributed by atoms with Gasteiger partial charge in [0.25, 0.3) is 11.8 Å². The lowest BCUT2D eigenvalue weighted by Crippen LogP contribution is -2.29. The summed E-state index contributed by atoms with van der Waals surface area (Å²) in [5, 5.41) is 7.84. The third-order valence-electron chi connectivity index (χ3n) is 6.09. The number of rotatable bonds is 8. The number of amides is 2. The number of ether oxygens (including phenoxy) is 1. The number of benzene rings is 1. The molecular weight excluding hydrogens is 509 g/mol. The first-order valence-electron chi connectivity index (χ1n) is 11.8. The molecular formula is C24H25F3N6O3S. The third-order valence-corrected chi connectivity index (χ3v) is 7.05. The Morgan fingerprint density at radius 2 is 1.86 bits per heavy atom. The number of halogens is 3. The summed E-state index contributed by atoms with van der Waals surface area (Å²) in [6, 6.07) is 3.37. The van der Waals surface area contributed by atoms with E-state index in [-0.39, 0.29) is 23.3 Å². The highest BCUT2D eigenvalue weighted by Gasteiger charge is 2.34. The molecule has 2 amide bonds. The molecule has 2 aliphatic rings. The fourth-order valence-electron chi connectivity index (χ4n) is 3.90. The molecule has 0 bridgehead atoms. The Bertz CT molecular complexity index is 1340. The highest BCUT2D eigenvalue weighted by molar-refractivity contribution is 7.16. The Kier molecular flexibility index (Phi) is 6.42. The largest absolute Gasteiger partial charge is 0.573 e. The van der Waals surface area contributed by atoms with Crippen LogP contribution in [0, 0.1) is 0 Å². The van der Waals surface area contributed by atoms with Crippen molar-refractivity contribution in [1.29, 1.82) is 0 Å². The molecule has 0 unspecified atom stereocenters. The average molecular weight is 535 g/mol. The van der Waals surface area contributed by atoms with Crippen molar-refractivity contribution in [2.24, 2.45) is 0 Å². The molecule has 0 radical (unpaired) electrons. The molecule has 0 aliphatic heterocycles. The minimum absolute atomic E-state index is 0.0668. The zero-order valence-electron chi connectivity index (χ0n) is 20.4.